The summed E-state index contributed by atoms with van der Waals surface area (Å²) in [5.41, 5.74) is 2.82. The molecule has 1 saturated heterocycles. The molecule has 156 valence electrons. The maximum absolute atomic E-state index is 13.1. The summed E-state index contributed by atoms with van der Waals surface area (Å²) in [6.45, 7) is 4.94. The zero-order valence-corrected chi connectivity index (χ0v) is 18.2. The summed E-state index contributed by atoms with van der Waals surface area (Å²) in [4.78, 5) is 14.9. The number of rotatable bonds is 6. The van der Waals surface area contributed by atoms with Crippen LogP contribution in [0.25, 0.3) is 0 Å². The van der Waals surface area contributed by atoms with E-state index in [0.29, 0.717) is 24.7 Å². The number of carbonyl (C=O) groups is 1. The summed E-state index contributed by atoms with van der Waals surface area (Å²) < 4.78 is 26.2. The summed E-state index contributed by atoms with van der Waals surface area (Å²) in [6.07, 6.45) is 4.07. The molecule has 1 heterocycles. The molecule has 3 rings (SSSR count). The number of anilines is 1. The second-order valence-corrected chi connectivity index (χ2v) is 9.89. The van der Waals surface area contributed by atoms with Crippen molar-refractivity contribution in [2.24, 2.45) is 5.92 Å². The molecular weight excluding hydrogens is 384 g/mol. The Labute approximate surface area is 174 Å². The lowest BCUT2D eigenvalue weighted by Gasteiger charge is -2.36. The highest BCUT2D eigenvalue weighted by molar-refractivity contribution is 7.92. The first-order valence-electron chi connectivity index (χ1n) is 10.1. The lowest BCUT2D eigenvalue weighted by atomic mass is 9.90. The fourth-order valence-corrected chi connectivity index (χ4v) is 5.30. The maximum Gasteiger partial charge on any atom is 0.246 e. The van der Waals surface area contributed by atoms with Gasteiger partial charge in [-0.2, -0.15) is 0 Å². The quantitative estimate of drug-likeness (QED) is 0.725. The highest BCUT2D eigenvalue weighted by Gasteiger charge is 2.33. The van der Waals surface area contributed by atoms with Crippen molar-refractivity contribution in [3.8, 4) is 0 Å². The number of hydrogen-bond donors (Lipinski definition) is 0. The van der Waals surface area contributed by atoms with Gasteiger partial charge in [-0.1, -0.05) is 42.5 Å². The number of sulfonamides is 1. The van der Waals surface area contributed by atoms with Crippen molar-refractivity contribution < 1.29 is 13.2 Å². The van der Waals surface area contributed by atoms with Crippen LogP contribution < -0.4 is 4.31 Å². The van der Waals surface area contributed by atoms with Gasteiger partial charge in [-0.25, -0.2) is 8.42 Å². The third kappa shape index (κ3) is 5.38. The van der Waals surface area contributed by atoms with E-state index in [2.05, 4.69) is 24.3 Å². The topological polar surface area (TPSA) is 57.7 Å². The molecule has 29 heavy (non-hydrogen) atoms. The van der Waals surface area contributed by atoms with E-state index in [9.17, 15) is 13.2 Å². The van der Waals surface area contributed by atoms with Gasteiger partial charge in [0.15, 0.2) is 0 Å². The van der Waals surface area contributed by atoms with Gasteiger partial charge in [0.1, 0.15) is 6.04 Å². The summed E-state index contributed by atoms with van der Waals surface area (Å²) in [5, 5.41) is 0. The average molecular weight is 415 g/mol. The fourth-order valence-electron chi connectivity index (χ4n) is 4.14. The Kier molecular flexibility index (Phi) is 6.63. The minimum absolute atomic E-state index is 0.130. The molecule has 0 saturated carbocycles. The van der Waals surface area contributed by atoms with Crippen molar-refractivity contribution >= 4 is 21.6 Å². The van der Waals surface area contributed by atoms with Crippen LogP contribution in [0.3, 0.4) is 0 Å². The first-order chi connectivity index (χ1) is 13.8. The molecule has 0 aromatic heterocycles. The van der Waals surface area contributed by atoms with Crippen molar-refractivity contribution in [3.05, 3.63) is 65.7 Å². The van der Waals surface area contributed by atoms with E-state index in [1.165, 1.54) is 9.87 Å². The van der Waals surface area contributed by atoms with E-state index in [1.807, 2.05) is 30.0 Å². The number of amides is 1. The molecule has 1 atom stereocenters. The Balaban J connectivity index is 1.67. The molecule has 0 spiro atoms. The smallest absolute Gasteiger partial charge is 0.246 e. The van der Waals surface area contributed by atoms with Gasteiger partial charge in [-0.15, -0.1) is 0 Å². The lowest BCUT2D eigenvalue weighted by Crippen LogP contribution is -2.51. The highest BCUT2D eigenvalue weighted by Crippen LogP contribution is 2.26. The third-order valence-corrected chi connectivity index (χ3v) is 6.86. The van der Waals surface area contributed by atoms with E-state index in [4.69, 9.17) is 0 Å². The second kappa shape index (κ2) is 8.99. The molecule has 5 nitrogen and oxygen atoms in total. The molecule has 1 fully saturated rings. The van der Waals surface area contributed by atoms with Crippen LogP contribution >= 0.6 is 0 Å². The summed E-state index contributed by atoms with van der Waals surface area (Å²) in [7, 11) is -3.58. The Bertz CT molecular complexity index is 936. The molecule has 0 aliphatic carbocycles. The zero-order chi connectivity index (χ0) is 21.0. The van der Waals surface area contributed by atoms with Gasteiger partial charge < -0.3 is 4.90 Å². The van der Waals surface area contributed by atoms with Crippen LogP contribution in [0.15, 0.2) is 54.6 Å². The third-order valence-electron chi connectivity index (χ3n) is 5.62. The van der Waals surface area contributed by atoms with Crippen molar-refractivity contribution in [1.82, 2.24) is 4.90 Å². The Morgan fingerprint density at radius 3 is 2.34 bits per heavy atom. The Hall–Kier alpha value is -2.34. The van der Waals surface area contributed by atoms with E-state index in [0.717, 1.165) is 31.1 Å². The first kappa shape index (κ1) is 21.4. The van der Waals surface area contributed by atoms with Crippen LogP contribution in [0.5, 0.6) is 0 Å². The molecule has 1 amide bonds. The SMILES string of the molecule is Cc1cccc(N([C@@H](C)C(=O)N2CCC(Cc3ccccc3)CC2)S(C)(=O)=O)c1. The van der Waals surface area contributed by atoms with Gasteiger partial charge in [0.25, 0.3) is 0 Å². The van der Waals surface area contributed by atoms with Gasteiger partial charge >= 0.3 is 0 Å². The molecule has 0 bridgehead atoms. The van der Waals surface area contributed by atoms with E-state index in [1.54, 1.807) is 19.1 Å². The monoisotopic (exact) mass is 414 g/mol. The molecule has 1 aliphatic rings. The predicted octanol–water partition coefficient (Wildman–Crippen LogP) is 3.63. The van der Waals surface area contributed by atoms with Gasteiger partial charge in [-0.05, 0) is 62.3 Å². The van der Waals surface area contributed by atoms with Crippen molar-refractivity contribution in [2.45, 2.75) is 39.2 Å². The second-order valence-electron chi connectivity index (χ2n) is 8.03. The van der Waals surface area contributed by atoms with Gasteiger partial charge in [0.05, 0.1) is 11.9 Å². The fraction of sp³-hybridized carbons (Fsp3) is 0.435. The van der Waals surface area contributed by atoms with Crippen LogP contribution in [-0.2, 0) is 21.2 Å². The number of carbonyl (C=O) groups excluding carboxylic acids is 1. The summed E-state index contributed by atoms with van der Waals surface area (Å²) in [6, 6.07) is 16.9. The van der Waals surface area contributed by atoms with E-state index < -0.39 is 16.1 Å². The predicted molar refractivity (Wildman–Crippen MR) is 117 cm³/mol. The first-order valence-corrected chi connectivity index (χ1v) is 12.0. The molecule has 0 radical (unpaired) electrons. The minimum atomic E-state index is -3.58. The van der Waals surface area contributed by atoms with Crippen LogP contribution in [0.4, 0.5) is 5.69 Å². The largest absolute Gasteiger partial charge is 0.341 e. The molecular formula is C23H30N2O3S. The minimum Gasteiger partial charge on any atom is -0.341 e. The van der Waals surface area contributed by atoms with Gasteiger partial charge in [0, 0.05) is 13.1 Å². The maximum atomic E-state index is 13.1. The Morgan fingerprint density at radius 2 is 1.76 bits per heavy atom. The number of hydrogen-bond acceptors (Lipinski definition) is 3. The van der Waals surface area contributed by atoms with Crippen molar-refractivity contribution in [2.75, 3.05) is 23.7 Å². The molecule has 2 aromatic rings. The normalized spacial score (nSPS) is 16.4. The number of nitrogens with zero attached hydrogens (tertiary/aromatic N) is 2. The van der Waals surface area contributed by atoms with Crippen LogP contribution in [-0.4, -0.2) is 44.6 Å². The highest BCUT2D eigenvalue weighted by atomic mass is 32.2. The van der Waals surface area contributed by atoms with Crippen molar-refractivity contribution in [1.29, 1.82) is 0 Å². The lowest BCUT2D eigenvalue weighted by molar-refractivity contribution is -0.133. The number of piperidine rings is 1. The molecule has 1 aliphatic heterocycles. The van der Waals surface area contributed by atoms with E-state index >= 15 is 0 Å². The van der Waals surface area contributed by atoms with Crippen LogP contribution in [0, 0.1) is 12.8 Å². The zero-order valence-electron chi connectivity index (χ0n) is 17.4. The standard InChI is InChI=1S/C23H30N2O3S/c1-18-8-7-11-22(16-18)25(29(3,27)28)19(2)23(26)24-14-12-21(13-15-24)17-20-9-5-4-6-10-20/h4-11,16,19,21H,12-15,17H2,1-3H3/t19-/m0/s1. The average Bonchev–Trinajstić information content (AvgIpc) is 2.68. The summed E-state index contributed by atoms with van der Waals surface area (Å²) in [5.74, 6) is 0.426. The van der Waals surface area contributed by atoms with Crippen LogP contribution in [0.1, 0.15) is 30.9 Å². The molecule has 6 heteroatoms. The molecule has 0 N–H and O–H groups in total. The number of aryl methyl sites for hydroxylation is 1. The summed E-state index contributed by atoms with van der Waals surface area (Å²) >= 11 is 0. The van der Waals surface area contributed by atoms with Gasteiger partial charge in [0.2, 0.25) is 15.9 Å². The van der Waals surface area contributed by atoms with Crippen LogP contribution in [0.2, 0.25) is 0 Å². The molecule has 0 unspecified atom stereocenters. The number of benzene rings is 2. The van der Waals surface area contributed by atoms with Gasteiger partial charge in [-0.3, -0.25) is 9.10 Å². The molecule has 2 aromatic carbocycles. The number of likely N-dealkylation sites (tertiary alicyclic amines) is 1. The Morgan fingerprint density at radius 1 is 1.10 bits per heavy atom. The van der Waals surface area contributed by atoms with Crippen molar-refractivity contribution in [3.63, 3.8) is 0 Å². The van der Waals surface area contributed by atoms with E-state index in [-0.39, 0.29) is 5.91 Å².